The average molecular weight is 674 g/mol. The van der Waals surface area contributed by atoms with Gasteiger partial charge in [0, 0.05) is 25.4 Å². The molecule has 3 atom stereocenters. The number of ketones is 1. The number of carboxylic acids is 1. The van der Waals surface area contributed by atoms with Crippen molar-refractivity contribution in [3.63, 3.8) is 0 Å². The predicted octanol–water partition coefficient (Wildman–Crippen LogP) is -1.12. The molecular formula is C32H48LiN3O6S3. The van der Waals surface area contributed by atoms with E-state index in [0.717, 1.165) is 11.1 Å². The van der Waals surface area contributed by atoms with Crippen molar-refractivity contribution in [2.24, 2.45) is 11.8 Å². The van der Waals surface area contributed by atoms with Crippen LogP contribution >= 0.6 is 40.5 Å². The molecule has 3 rings (SSSR count). The van der Waals surface area contributed by atoms with Gasteiger partial charge in [0.15, 0.2) is 5.78 Å². The molecule has 1 aliphatic heterocycles. The Morgan fingerprint density at radius 2 is 1.40 bits per heavy atom. The summed E-state index contributed by atoms with van der Waals surface area (Å²) in [6.07, 6.45) is 1.35. The second-order valence-corrected chi connectivity index (χ2v) is 11.1. The van der Waals surface area contributed by atoms with Gasteiger partial charge in [-0.05, 0) is 42.7 Å². The Morgan fingerprint density at radius 3 is 1.93 bits per heavy atom. The summed E-state index contributed by atoms with van der Waals surface area (Å²) in [5.74, 6) is -3.03. The number of aliphatic carboxylic acids is 1. The summed E-state index contributed by atoms with van der Waals surface area (Å²) in [5, 5.41) is 17.4. The van der Waals surface area contributed by atoms with Crippen LogP contribution in [0, 0.1) is 11.8 Å². The molecule has 0 aliphatic carbocycles. The van der Waals surface area contributed by atoms with Crippen molar-refractivity contribution in [3.05, 3.63) is 71.8 Å². The number of Topliss-reactive ketones (excluding diaryl/α,β-unsaturated/α-hetero) is 1. The van der Waals surface area contributed by atoms with Crippen LogP contribution in [-0.2, 0) is 36.8 Å². The van der Waals surface area contributed by atoms with Crippen molar-refractivity contribution in [1.29, 1.82) is 0 Å². The topological polar surface area (TPSA) is 128 Å². The van der Waals surface area contributed by atoms with E-state index in [4.69, 9.17) is 4.74 Å². The molecule has 0 radical (unpaired) electrons. The molecule has 1 saturated heterocycles. The maximum absolute atomic E-state index is 13.6. The Morgan fingerprint density at radius 1 is 0.844 bits per heavy atom. The maximum Gasteiger partial charge on any atom is 1.00 e. The molecule has 13 heteroatoms. The number of rotatable bonds is 16. The summed E-state index contributed by atoms with van der Waals surface area (Å²) in [7, 11) is 0. The van der Waals surface area contributed by atoms with E-state index in [0.29, 0.717) is 45.6 Å². The molecule has 0 spiro atoms. The molecule has 1 fully saturated rings. The summed E-state index contributed by atoms with van der Waals surface area (Å²) < 4.78 is 5.36. The molecular weight excluding hydrogens is 626 g/mol. The van der Waals surface area contributed by atoms with Crippen LogP contribution in [0.1, 0.15) is 44.2 Å². The van der Waals surface area contributed by atoms with Gasteiger partial charge >= 0.3 is 18.9 Å². The van der Waals surface area contributed by atoms with Gasteiger partial charge in [0.2, 0.25) is 11.8 Å². The van der Waals surface area contributed by atoms with Crippen LogP contribution < -0.4 is 34.6 Å². The van der Waals surface area contributed by atoms with Gasteiger partial charge in [-0.3, -0.25) is 19.3 Å². The minimum absolute atomic E-state index is 0. The largest absolute Gasteiger partial charge is 1.00 e. The molecule has 45 heavy (non-hydrogen) atoms. The smallest absolute Gasteiger partial charge is 0.548 e. The fourth-order valence-corrected chi connectivity index (χ4v) is 5.04. The third kappa shape index (κ3) is 17.0. The zero-order valence-corrected chi connectivity index (χ0v) is 29.6. The van der Waals surface area contributed by atoms with E-state index in [9.17, 15) is 24.3 Å². The summed E-state index contributed by atoms with van der Waals surface area (Å²) >= 11 is 0. The minimum atomic E-state index is -1.38. The molecule has 2 N–H and O–H groups in total. The van der Waals surface area contributed by atoms with Crippen LogP contribution in [-0.4, -0.2) is 73.4 Å². The SMILES string of the molecule is CC(C)C[C@H](CC(=O)[C@H](CCc1ccccc1)NC(=O)CN1CCOCC1)C(=O)N[C@@H](Cc1ccccc1)C(=O)[O-].S.S.S.[Li+]. The average Bonchev–Trinajstić information content (AvgIpc) is 2.95. The second-order valence-electron chi connectivity index (χ2n) is 11.1. The van der Waals surface area contributed by atoms with Crippen LogP contribution in [0.3, 0.4) is 0 Å². The number of hydrogen-bond acceptors (Lipinski definition) is 7. The van der Waals surface area contributed by atoms with Crippen LogP contribution in [0.2, 0.25) is 0 Å². The number of nitrogens with one attached hydrogen (secondary N) is 2. The number of nitrogens with zero attached hydrogens (tertiary/aromatic N) is 1. The number of hydrogen-bond donors (Lipinski definition) is 2. The summed E-state index contributed by atoms with van der Waals surface area (Å²) in [6, 6.07) is 16.7. The van der Waals surface area contributed by atoms with Crippen LogP contribution in [0.25, 0.3) is 0 Å². The van der Waals surface area contributed by atoms with E-state index in [2.05, 4.69) is 10.6 Å². The number of ether oxygens (including phenoxy) is 1. The number of morpholine rings is 1. The normalized spacial score (nSPS) is 14.6. The van der Waals surface area contributed by atoms with E-state index in [1.54, 1.807) is 24.3 Å². The van der Waals surface area contributed by atoms with E-state index in [1.165, 1.54) is 0 Å². The van der Waals surface area contributed by atoms with E-state index in [-0.39, 0.29) is 96.3 Å². The maximum atomic E-state index is 13.6. The van der Waals surface area contributed by atoms with Crippen molar-refractivity contribution < 1.29 is 47.9 Å². The fraction of sp³-hybridized carbons (Fsp3) is 0.500. The monoisotopic (exact) mass is 673 g/mol. The van der Waals surface area contributed by atoms with Crippen molar-refractivity contribution in [2.75, 3.05) is 32.8 Å². The molecule has 0 saturated carbocycles. The molecule has 2 amide bonds. The van der Waals surface area contributed by atoms with Gasteiger partial charge in [-0.1, -0.05) is 74.5 Å². The number of benzene rings is 2. The molecule has 1 heterocycles. The Hall–Kier alpha value is -1.91. The van der Waals surface area contributed by atoms with Crippen LogP contribution in [0.15, 0.2) is 60.7 Å². The Bertz CT molecular complexity index is 1140. The molecule has 2 aromatic carbocycles. The molecule has 9 nitrogen and oxygen atoms in total. The first-order chi connectivity index (χ1) is 19.7. The fourth-order valence-electron chi connectivity index (χ4n) is 5.04. The Labute approximate surface area is 300 Å². The van der Waals surface area contributed by atoms with Gasteiger partial charge in [-0.15, -0.1) is 0 Å². The van der Waals surface area contributed by atoms with Crippen molar-refractivity contribution in [2.45, 2.75) is 58.0 Å². The summed E-state index contributed by atoms with van der Waals surface area (Å²) in [6.45, 7) is 6.48. The molecule has 0 unspecified atom stereocenters. The first kappa shape index (κ1) is 45.2. The third-order valence-corrected chi connectivity index (χ3v) is 7.22. The number of carbonyl (C=O) groups excluding carboxylic acids is 4. The van der Waals surface area contributed by atoms with Crippen LogP contribution in [0.4, 0.5) is 0 Å². The van der Waals surface area contributed by atoms with Crippen molar-refractivity contribution in [3.8, 4) is 0 Å². The molecule has 0 bridgehead atoms. The van der Waals surface area contributed by atoms with Gasteiger partial charge in [0.25, 0.3) is 0 Å². The standard InChI is InChI=1S/C32H43N3O6.Li.3H2S/c1-23(2)19-26(31(38)34-28(32(39)40)20-25-11-7-4-8-12-25)21-29(36)27(14-13-24-9-5-3-6-10-24)33-30(37)22-35-15-17-41-18-16-35;;;;/h3-12,23,26-28H,13-22H2,1-2H3,(H,33,37)(H,34,38)(H,39,40);;3*1H2/q;+1;;;/p-1/t26-,27+,28+;;;;/m1..../s1. The summed E-state index contributed by atoms with van der Waals surface area (Å²) in [4.78, 5) is 53.8. The van der Waals surface area contributed by atoms with E-state index >= 15 is 0 Å². The van der Waals surface area contributed by atoms with Gasteiger partial charge in [-0.2, -0.15) is 40.5 Å². The molecule has 246 valence electrons. The zero-order valence-electron chi connectivity index (χ0n) is 26.6. The second kappa shape index (κ2) is 24.3. The van der Waals surface area contributed by atoms with Crippen molar-refractivity contribution in [1.82, 2.24) is 15.5 Å². The van der Waals surface area contributed by atoms with Gasteiger partial charge in [-0.25, -0.2) is 0 Å². The van der Waals surface area contributed by atoms with Gasteiger partial charge in [0.1, 0.15) is 0 Å². The summed E-state index contributed by atoms with van der Waals surface area (Å²) in [5.41, 5.74) is 1.80. The van der Waals surface area contributed by atoms with Gasteiger partial charge < -0.3 is 25.3 Å². The Balaban J connectivity index is 0. The van der Waals surface area contributed by atoms with E-state index in [1.807, 2.05) is 55.1 Å². The van der Waals surface area contributed by atoms with Gasteiger partial charge in [0.05, 0.1) is 37.8 Å². The molecule has 0 aromatic heterocycles. The minimum Gasteiger partial charge on any atom is -0.548 e. The third-order valence-electron chi connectivity index (χ3n) is 7.22. The van der Waals surface area contributed by atoms with Crippen LogP contribution in [0.5, 0.6) is 0 Å². The number of carbonyl (C=O) groups is 4. The number of aryl methyl sites for hydroxylation is 1. The Kier molecular flexibility index (Phi) is 24.4. The predicted molar refractivity (Wildman–Crippen MR) is 185 cm³/mol. The van der Waals surface area contributed by atoms with Crippen molar-refractivity contribution >= 4 is 64.1 Å². The number of amides is 2. The number of carboxylic acid groups (broad SMARTS) is 1. The molecule has 2 aromatic rings. The molecule has 1 aliphatic rings. The zero-order chi connectivity index (χ0) is 29.6. The first-order valence-corrected chi connectivity index (χ1v) is 14.4. The van der Waals surface area contributed by atoms with E-state index < -0.39 is 29.9 Å². The first-order valence-electron chi connectivity index (χ1n) is 14.4. The quantitative estimate of drug-likeness (QED) is 0.216.